The van der Waals surface area contributed by atoms with Gasteiger partial charge in [0.05, 0.1) is 0 Å². The van der Waals surface area contributed by atoms with E-state index in [0.29, 0.717) is 0 Å². The molecule has 2 heterocycles. The first-order valence-corrected chi connectivity index (χ1v) is 3.60. The molecule has 0 amide bonds. The van der Waals surface area contributed by atoms with E-state index in [9.17, 15) is 0 Å². The standard InChI is InChI=1S/C7H13N/c1-5-2-6-4-7(3-5)8-6/h5-8H,2-4H2,1H3/t5?,6-,7?/m0/s1. The van der Waals surface area contributed by atoms with Crippen LogP contribution in [0, 0.1) is 5.92 Å². The van der Waals surface area contributed by atoms with Gasteiger partial charge in [0.1, 0.15) is 0 Å². The Morgan fingerprint density at radius 3 is 1.88 bits per heavy atom. The molecular weight excluding hydrogens is 98.1 g/mol. The Bertz CT molecular complexity index is 84.6. The van der Waals surface area contributed by atoms with Crippen LogP contribution < -0.4 is 5.32 Å². The Morgan fingerprint density at radius 1 is 1.12 bits per heavy atom. The van der Waals surface area contributed by atoms with Crippen molar-refractivity contribution in [1.29, 1.82) is 0 Å². The van der Waals surface area contributed by atoms with E-state index in [4.69, 9.17) is 0 Å². The van der Waals surface area contributed by atoms with Crippen LogP contribution in [0.15, 0.2) is 0 Å². The van der Waals surface area contributed by atoms with Crippen LogP contribution in [0.3, 0.4) is 0 Å². The zero-order chi connectivity index (χ0) is 5.56. The third-order valence-electron chi connectivity index (χ3n) is 2.41. The van der Waals surface area contributed by atoms with Gasteiger partial charge in [-0.1, -0.05) is 6.92 Å². The molecule has 2 bridgehead atoms. The fourth-order valence-corrected chi connectivity index (χ4v) is 2.05. The Morgan fingerprint density at radius 2 is 1.62 bits per heavy atom. The van der Waals surface area contributed by atoms with Gasteiger partial charge >= 0.3 is 0 Å². The van der Waals surface area contributed by atoms with Crippen LogP contribution in [0.2, 0.25) is 0 Å². The summed E-state index contributed by atoms with van der Waals surface area (Å²) >= 11 is 0. The van der Waals surface area contributed by atoms with Gasteiger partial charge in [-0.15, -0.1) is 0 Å². The molecule has 8 heavy (non-hydrogen) atoms. The zero-order valence-corrected chi connectivity index (χ0v) is 5.35. The first kappa shape index (κ1) is 4.80. The maximum atomic E-state index is 3.51. The summed E-state index contributed by atoms with van der Waals surface area (Å²) in [6.45, 7) is 2.36. The van der Waals surface area contributed by atoms with Crippen molar-refractivity contribution < 1.29 is 0 Å². The van der Waals surface area contributed by atoms with Gasteiger partial charge in [0.15, 0.2) is 0 Å². The van der Waals surface area contributed by atoms with Crippen molar-refractivity contribution in [3.05, 3.63) is 0 Å². The van der Waals surface area contributed by atoms with Crippen molar-refractivity contribution in [2.75, 3.05) is 0 Å². The molecule has 2 aliphatic heterocycles. The maximum absolute atomic E-state index is 3.51. The molecule has 3 atom stereocenters. The molecule has 46 valence electrons. The Hall–Kier alpha value is -0.0400. The average molecular weight is 111 g/mol. The average Bonchev–Trinajstić information content (AvgIpc) is 1.62. The van der Waals surface area contributed by atoms with E-state index >= 15 is 0 Å². The summed E-state index contributed by atoms with van der Waals surface area (Å²) in [6, 6.07) is 1.81. The lowest BCUT2D eigenvalue weighted by Crippen LogP contribution is -2.57. The van der Waals surface area contributed by atoms with Gasteiger partial charge in [-0.05, 0) is 25.2 Å². The number of hydrogen-bond acceptors (Lipinski definition) is 1. The number of fused-ring (bicyclic) bond motifs is 2. The third kappa shape index (κ3) is 0.576. The van der Waals surface area contributed by atoms with E-state index in [0.717, 1.165) is 18.0 Å². The van der Waals surface area contributed by atoms with Crippen molar-refractivity contribution in [2.24, 2.45) is 5.92 Å². The summed E-state index contributed by atoms with van der Waals surface area (Å²) in [5, 5.41) is 3.51. The summed E-state index contributed by atoms with van der Waals surface area (Å²) in [4.78, 5) is 0. The van der Waals surface area contributed by atoms with Crippen LogP contribution in [-0.2, 0) is 0 Å². The smallest absolute Gasteiger partial charge is 0.00870 e. The monoisotopic (exact) mass is 111 g/mol. The summed E-state index contributed by atoms with van der Waals surface area (Å²) < 4.78 is 0. The maximum Gasteiger partial charge on any atom is 0.00870 e. The van der Waals surface area contributed by atoms with Crippen LogP contribution in [0.5, 0.6) is 0 Å². The topological polar surface area (TPSA) is 12.0 Å². The lowest BCUT2D eigenvalue weighted by Gasteiger charge is -2.45. The highest BCUT2D eigenvalue weighted by Gasteiger charge is 2.35. The van der Waals surface area contributed by atoms with Gasteiger partial charge in [-0.25, -0.2) is 0 Å². The second-order valence-corrected chi connectivity index (χ2v) is 3.37. The molecule has 0 aromatic heterocycles. The fourth-order valence-electron chi connectivity index (χ4n) is 2.05. The lowest BCUT2D eigenvalue weighted by atomic mass is 9.77. The highest BCUT2D eigenvalue weighted by Crippen LogP contribution is 2.31. The fraction of sp³-hybridized carbons (Fsp3) is 1.00. The number of rotatable bonds is 0. The molecule has 0 radical (unpaired) electrons. The Balaban J connectivity index is 1.97. The first-order valence-electron chi connectivity index (χ1n) is 3.60. The SMILES string of the molecule is CC1CC2C[C@H](C1)N2. The minimum absolute atomic E-state index is 0.906. The highest BCUT2D eigenvalue weighted by molar-refractivity contribution is 4.95. The molecule has 0 aromatic carbocycles. The van der Waals surface area contributed by atoms with Crippen molar-refractivity contribution >= 4 is 0 Å². The number of hydrogen-bond donors (Lipinski definition) is 1. The molecule has 1 nitrogen and oxygen atoms in total. The lowest BCUT2D eigenvalue weighted by molar-refractivity contribution is 0.137. The quantitative estimate of drug-likeness (QED) is 0.494. The van der Waals surface area contributed by atoms with Gasteiger partial charge in [0, 0.05) is 12.1 Å². The Labute approximate surface area is 50.5 Å². The second-order valence-electron chi connectivity index (χ2n) is 3.37. The van der Waals surface area contributed by atoms with Crippen LogP contribution in [-0.4, -0.2) is 12.1 Å². The number of piperidine rings is 1. The molecule has 1 N–H and O–H groups in total. The molecule has 0 spiro atoms. The molecule has 1 saturated carbocycles. The van der Waals surface area contributed by atoms with Crippen LogP contribution in [0.1, 0.15) is 26.2 Å². The Kier molecular flexibility index (Phi) is 0.884. The molecule has 2 saturated heterocycles. The van der Waals surface area contributed by atoms with E-state index < -0.39 is 0 Å². The minimum Gasteiger partial charge on any atom is -0.311 e. The molecule has 3 fully saturated rings. The molecule has 3 rings (SSSR count). The normalized spacial score (nSPS) is 52.9. The second kappa shape index (κ2) is 1.47. The molecular formula is C7H13N. The van der Waals surface area contributed by atoms with Crippen LogP contribution in [0.4, 0.5) is 0 Å². The minimum atomic E-state index is 0.906. The summed E-state index contributed by atoms with van der Waals surface area (Å²) in [7, 11) is 0. The summed E-state index contributed by atoms with van der Waals surface area (Å²) in [5.41, 5.74) is 0. The first-order chi connectivity index (χ1) is 3.84. The molecule has 1 aliphatic carbocycles. The van der Waals surface area contributed by atoms with Gasteiger partial charge < -0.3 is 5.32 Å². The summed E-state index contributed by atoms with van der Waals surface area (Å²) in [5.74, 6) is 1.000. The van der Waals surface area contributed by atoms with Gasteiger partial charge in [0.25, 0.3) is 0 Å². The van der Waals surface area contributed by atoms with Gasteiger partial charge in [-0.2, -0.15) is 0 Å². The van der Waals surface area contributed by atoms with E-state index in [1.807, 2.05) is 0 Å². The molecule has 1 heteroatoms. The third-order valence-corrected chi connectivity index (χ3v) is 2.41. The van der Waals surface area contributed by atoms with Crippen LogP contribution >= 0.6 is 0 Å². The van der Waals surface area contributed by atoms with Crippen molar-refractivity contribution in [2.45, 2.75) is 38.3 Å². The molecule has 3 aliphatic rings. The predicted molar refractivity (Wildman–Crippen MR) is 33.7 cm³/mol. The van der Waals surface area contributed by atoms with Crippen molar-refractivity contribution in [1.82, 2.24) is 5.32 Å². The molecule has 2 unspecified atom stereocenters. The highest BCUT2D eigenvalue weighted by atomic mass is 15.0. The van der Waals surface area contributed by atoms with Gasteiger partial charge in [0.2, 0.25) is 0 Å². The van der Waals surface area contributed by atoms with E-state index in [2.05, 4.69) is 12.2 Å². The van der Waals surface area contributed by atoms with E-state index in [1.54, 1.807) is 0 Å². The van der Waals surface area contributed by atoms with Crippen LogP contribution in [0.25, 0.3) is 0 Å². The largest absolute Gasteiger partial charge is 0.311 e. The summed E-state index contributed by atoms with van der Waals surface area (Å²) in [6.07, 6.45) is 4.32. The van der Waals surface area contributed by atoms with E-state index in [-0.39, 0.29) is 0 Å². The van der Waals surface area contributed by atoms with Gasteiger partial charge in [-0.3, -0.25) is 0 Å². The number of nitrogens with one attached hydrogen (secondary N) is 1. The predicted octanol–water partition coefficient (Wildman–Crippen LogP) is 1.15. The van der Waals surface area contributed by atoms with E-state index in [1.165, 1.54) is 19.3 Å². The van der Waals surface area contributed by atoms with Crippen molar-refractivity contribution in [3.63, 3.8) is 0 Å². The van der Waals surface area contributed by atoms with Crippen molar-refractivity contribution in [3.8, 4) is 0 Å². The zero-order valence-electron chi connectivity index (χ0n) is 5.35. The molecule has 0 aromatic rings.